The molecule has 3 rings (SSSR count). The van der Waals surface area contributed by atoms with Crippen LogP contribution in [0.15, 0.2) is 72.8 Å². The third-order valence-corrected chi connectivity index (χ3v) is 4.48. The number of thiocarbonyl (C=S) groups is 2. The lowest BCUT2D eigenvalue weighted by atomic mass is 10.2. The zero-order valence-electron chi connectivity index (χ0n) is 16.3. The van der Waals surface area contributed by atoms with Crippen molar-refractivity contribution in [1.29, 1.82) is 0 Å². The Bertz CT molecular complexity index is 1060. The minimum atomic E-state index is -0.469. The van der Waals surface area contributed by atoms with E-state index in [1.807, 2.05) is 0 Å². The second-order valence-corrected chi connectivity index (χ2v) is 7.16. The predicted molar refractivity (Wildman–Crippen MR) is 132 cm³/mol. The second-order valence-electron chi connectivity index (χ2n) is 6.34. The Hall–Kier alpha value is -4.16. The molecule has 0 aliphatic heterocycles. The van der Waals surface area contributed by atoms with Crippen LogP contribution in [0.2, 0.25) is 0 Å². The number of benzene rings is 3. The van der Waals surface area contributed by atoms with Gasteiger partial charge in [0.1, 0.15) is 0 Å². The van der Waals surface area contributed by atoms with Gasteiger partial charge in [-0.15, -0.1) is 0 Å². The summed E-state index contributed by atoms with van der Waals surface area (Å²) in [6, 6.07) is 19.0. The molecule has 162 valence electrons. The fraction of sp³-hybridized carbons (Fsp3) is 0. The van der Waals surface area contributed by atoms with Gasteiger partial charge in [0.2, 0.25) is 0 Å². The lowest BCUT2D eigenvalue weighted by Gasteiger charge is -2.13. The summed E-state index contributed by atoms with van der Waals surface area (Å²) in [4.78, 5) is 20.5. The number of rotatable bonds is 6. The Morgan fingerprint density at radius 2 is 0.750 bits per heavy atom. The molecule has 0 saturated heterocycles. The van der Waals surface area contributed by atoms with Crippen molar-refractivity contribution in [2.24, 2.45) is 0 Å². The molecule has 0 radical (unpaired) electrons. The number of nitro benzene ring substituents is 2. The Kier molecular flexibility index (Phi) is 7.21. The molecule has 0 aromatic heterocycles. The maximum absolute atomic E-state index is 10.7. The minimum absolute atomic E-state index is 0.00139. The summed E-state index contributed by atoms with van der Waals surface area (Å²) in [6.07, 6.45) is 0. The van der Waals surface area contributed by atoms with Crippen molar-refractivity contribution < 1.29 is 9.85 Å². The molecule has 0 unspecified atom stereocenters. The lowest BCUT2D eigenvalue weighted by molar-refractivity contribution is -0.385. The minimum Gasteiger partial charge on any atom is -0.332 e. The first kappa shape index (κ1) is 22.5. The lowest BCUT2D eigenvalue weighted by Crippen LogP contribution is -2.20. The fourth-order valence-corrected chi connectivity index (χ4v) is 3.03. The van der Waals surface area contributed by atoms with Crippen molar-refractivity contribution in [3.8, 4) is 0 Å². The van der Waals surface area contributed by atoms with Gasteiger partial charge in [0.15, 0.2) is 10.2 Å². The highest BCUT2D eigenvalue weighted by molar-refractivity contribution is 7.81. The van der Waals surface area contributed by atoms with Gasteiger partial charge in [-0.25, -0.2) is 0 Å². The average Bonchev–Trinajstić information content (AvgIpc) is 2.76. The van der Waals surface area contributed by atoms with E-state index in [1.165, 1.54) is 24.3 Å². The number of nitro groups is 2. The summed E-state index contributed by atoms with van der Waals surface area (Å²) in [5, 5.41) is 34.0. The fourth-order valence-electron chi connectivity index (χ4n) is 2.56. The van der Waals surface area contributed by atoms with Crippen molar-refractivity contribution >= 4 is 68.8 Å². The number of nitrogens with zero attached hydrogens (tertiary/aromatic N) is 2. The van der Waals surface area contributed by atoms with Crippen LogP contribution in [0.3, 0.4) is 0 Å². The van der Waals surface area contributed by atoms with Gasteiger partial charge in [-0.1, -0.05) is 0 Å². The summed E-state index contributed by atoms with van der Waals surface area (Å²) < 4.78 is 0. The van der Waals surface area contributed by atoms with Crippen molar-refractivity contribution in [3.05, 3.63) is 93.0 Å². The molecule has 0 aliphatic carbocycles. The molecule has 3 aromatic carbocycles. The van der Waals surface area contributed by atoms with Gasteiger partial charge in [0.25, 0.3) is 11.4 Å². The summed E-state index contributed by atoms with van der Waals surface area (Å²) in [5.41, 5.74) is 2.69. The third kappa shape index (κ3) is 6.42. The standard InChI is InChI=1S/C20H16N6O4S2/c27-25(28)17-9-5-15(6-10-17)23-19(31)21-13-1-2-14(4-3-13)22-20(32)24-16-7-11-18(12-8-16)26(29)30/h1-12H,(H2,21,23,31)(H2,22,24,32). The Morgan fingerprint density at radius 1 is 0.531 bits per heavy atom. The van der Waals surface area contributed by atoms with Gasteiger partial charge in [0, 0.05) is 47.0 Å². The van der Waals surface area contributed by atoms with E-state index in [0.717, 1.165) is 11.4 Å². The van der Waals surface area contributed by atoms with Crippen LogP contribution in [-0.4, -0.2) is 20.1 Å². The van der Waals surface area contributed by atoms with Crippen molar-refractivity contribution in [2.45, 2.75) is 0 Å². The van der Waals surface area contributed by atoms with Crippen LogP contribution < -0.4 is 21.3 Å². The van der Waals surface area contributed by atoms with E-state index >= 15 is 0 Å². The van der Waals surface area contributed by atoms with Gasteiger partial charge in [-0.3, -0.25) is 20.2 Å². The highest BCUT2D eigenvalue weighted by Gasteiger charge is 2.07. The molecule has 0 spiro atoms. The molecule has 3 aromatic rings. The smallest absolute Gasteiger partial charge is 0.269 e. The molecule has 0 atom stereocenters. The van der Waals surface area contributed by atoms with E-state index in [2.05, 4.69) is 21.3 Å². The van der Waals surface area contributed by atoms with Crippen LogP contribution >= 0.6 is 24.4 Å². The number of nitrogens with one attached hydrogen (secondary N) is 4. The van der Waals surface area contributed by atoms with Crippen molar-refractivity contribution in [2.75, 3.05) is 21.3 Å². The number of hydrogen-bond donors (Lipinski definition) is 4. The van der Waals surface area contributed by atoms with Gasteiger partial charge in [-0.05, 0) is 73.0 Å². The first-order valence-electron chi connectivity index (χ1n) is 9.05. The van der Waals surface area contributed by atoms with Crippen LogP contribution in [0.4, 0.5) is 34.1 Å². The molecule has 0 heterocycles. The number of hydrogen-bond acceptors (Lipinski definition) is 6. The average molecular weight is 469 g/mol. The monoisotopic (exact) mass is 468 g/mol. The highest BCUT2D eigenvalue weighted by Crippen LogP contribution is 2.18. The van der Waals surface area contributed by atoms with E-state index in [9.17, 15) is 20.2 Å². The maximum Gasteiger partial charge on any atom is 0.269 e. The first-order valence-corrected chi connectivity index (χ1v) is 9.87. The molecule has 0 bridgehead atoms. The molecule has 12 heteroatoms. The van der Waals surface area contributed by atoms with Crippen molar-refractivity contribution in [3.63, 3.8) is 0 Å². The summed E-state index contributed by atoms with van der Waals surface area (Å²) in [6.45, 7) is 0. The summed E-state index contributed by atoms with van der Waals surface area (Å²) in [7, 11) is 0. The molecule has 32 heavy (non-hydrogen) atoms. The second kappa shape index (κ2) is 10.2. The van der Waals surface area contributed by atoms with E-state index in [4.69, 9.17) is 24.4 Å². The molecule has 0 saturated carbocycles. The van der Waals surface area contributed by atoms with Gasteiger partial charge in [-0.2, -0.15) is 0 Å². The highest BCUT2D eigenvalue weighted by atomic mass is 32.1. The topological polar surface area (TPSA) is 134 Å². The van der Waals surface area contributed by atoms with Gasteiger partial charge < -0.3 is 21.3 Å². The largest absolute Gasteiger partial charge is 0.332 e. The maximum atomic E-state index is 10.7. The molecule has 0 amide bonds. The molecular weight excluding hydrogens is 452 g/mol. The summed E-state index contributed by atoms with van der Waals surface area (Å²) in [5.74, 6) is 0. The van der Waals surface area contributed by atoms with E-state index < -0.39 is 9.85 Å². The molecule has 4 N–H and O–H groups in total. The zero-order valence-corrected chi connectivity index (χ0v) is 17.9. The zero-order chi connectivity index (χ0) is 23.1. The van der Waals surface area contributed by atoms with E-state index in [1.54, 1.807) is 48.5 Å². The predicted octanol–water partition coefficient (Wildman–Crippen LogP) is 5.12. The summed E-state index contributed by atoms with van der Waals surface area (Å²) >= 11 is 10.5. The Balaban J connectivity index is 1.50. The Morgan fingerprint density at radius 3 is 0.969 bits per heavy atom. The quantitative estimate of drug-likeness (QED) is 0.219. The normalized spacial score (nSPS) is 10.0. The van der Waals surface area contributed by atoms with E-state index in [-0.39, 0.29) is 11.4 Å². The van der Waals surface area contributed by atoms with Crippen molar-refractivity contribution in [1.82, 2.24) is 0 Å². The first-order chi connectivity index (χ1) is 15.3. The molecule has 0 fully saturated rings. The van der Waals surface area contributed by atoms with Gasteiger partial charge in [0.05, 0.1) is 9.85 Å². The molecular formula is C20H16N6O4S2. The van der Waals surface area contributed by atoms with Crippen LogP contribution in [0.1, 0.15) is 0 Å². The SMILES string of the molecule is O=[N+]([O-])c1ccc(NC(=S)Nc2ccc(NC(=S)Nc3ccc([N+](=O)[O-])cc3)cc2)cc1. The number of non-ortho nitro benzene ring substituents is 2. The van der Waals surface area contributed by atoms with Gasteiger partial charge >= 0.3 is 0 Å². The molecule has 0 aliphatic rings. The molecule has 10 nitrogen and oxygen atoms in total. The van der Waals surface area contributed by atoms with E-state index in [0.29, 0.717) is 21.6 Å². The Labute approximate surface area is 192 Å². The van der Waals surface area contributed by atoms with Crippen LogP contribution in [0, 0.1) is 20.2 Å². The van der Waals surface area contributed by atoms with Crippen LogP contribution in [0.25, 0.3) is 0 Å². The van der Waals surface area contributed by atoms with Crippen LogP contribution in [0.5, 0.6) is 0 Å². The van der Waals surface area contributed by atoms with Crippen LogP contribution in [-0.2, 0) is 0 Å². The number of anilines is 4. The third-order valence-electron chi connectivity index (χ3n) is 4.07.